The number of anilines is 3. The third-order valence-corrected chi connectivity index (χ3v) is 9.96. The van der Waals surface area contributed by atoms with Gasteiger partial charge in [0, 0.05) is 54.6 Å². The minimum atomic E-state index is -0.547. The Bertz CT molecular complexity index is 1810. The van der Waals surface area contributed by atoms with E-state index in [1.165, 1.54) is 44.5 Å². The summed E-state index contributed by atoms with van der Waals surface area (Å²) in [6.07, 6.45) is 6.53. The molecule has 8 nitrogen and oxygen atoms in total. The molecule has 4 heterocycles. The zero-order valence-corrected chi connectivity index (χ0v) is 24.5. The predicted molar refractivity (Wildman–Crippen MR) is 162 cm³/mol. The van der Waals surface area contributed by atoms with Crippen molar-refractivity contribution in [1.29, 1.82) is 0 Å². The molecule has 0 fully saturated rings. The third kappa shape index (κ3) is 4.54. The van der Waals surface area contributed by atoms with Crippen LogP contribution in [0.4, 0.5) is 21.6 Å². The minimum Gasteiger partial charge on any atom is -0.392 e. The van der Waals surface area contributed by atoms with E-state index in [1.807, 2.05) is 18.2 Å². The average molecular weight is 586 g/mol. The quantitative estimate of drug-likeness (QED) is 0.346. The molecule has 0 spiro atoms. The largest absolute Gasteiger partial charge is 0.392 e. The van der Waals surface area contributed by atoms with Crippen LogP contribution in [0.25, 0.3) is 11.3 Å². The molecule has 0 bridgehead atoms. The van der Waals surface area contributed by atoms with Crippen molar-refractivity contribution in [3.05, 3.63) is 90.3 Å². The lowest BCUT2D eigenvalue weighted by Crippen LogP contribution is -2.37. The molecule has 0 saturated carbocycles. The van der Waals surface area contributed by atoms with E-state index in [9.17, 15) is 14.7 Å². The zero-order chi connectivity index (χ0) is 29.1. The van der Waals surface area contributed by atoms with Crippen LogP contribution >= 0.6 is 11.3 Å². The van der Waals surface area contributed by atoms with Crippen LogP contribution in [0.1, 0.15) is 55.2 Å². The first-order valence-corrected chi connectivity index (χ1v) is 15.2. The van der Waals surface area contributed by atoms with E-state index in [2.05, 4.69) is 22.2 Å². The van der Waals surface area contributed by atoms with Gasteiger partial charge in [0.25, 0.3) is 11.5 Å². The summed E-state index contributed by atoms with van der Waals surface area (Å²) < 4.78 is 16.6. The van der Waals surface area contributed by atoms with Gasteiger partial charge in [-0.05, 0) is 85.7 Å². The van der Waals surface area contributed by atoms with Crippen molar-refractivity contribution in [2.45, 2.75) is 51.8 Å². The van der Waals surface area contributed by atoms with Crippen LogP contribution in [0.15, 0.2) is 41.3 Å². The van der Waals surface area contributed by atoms with Gasteiger partial charge in [0.15, 0.2) is 5.82 Å². The van der Waals surface area contributed by atoms with E-state index < -0.39 is 12.4 Å². The number of halogens is 1. The van der Waals surface area contributed by atoms with E-state index >= 15 is 4.39 Å². The number of aliphatic hydroxyl groups excluding tert-OH is 1. The number of nitrogens with one attached hydrogen (secondary N) is 1. The summed E-state index contributed by atoms with van der Waals surface area (Å²) in [6.45, 7) is 1.69. The molecule has 7 rings (SSSR count). The van der Waals surface area contributed by atoms with Gasteiger partial charge in [-0.3, -0.25) is 14.5 Å². The maximum atomic E-state index is 15.2. The molecule has 0 radical (unpaired) electrons. The van der Waals surface area contributed by atoms with Crippen LogP contribution < -0.4 is 15.8 Å². The second kappa shape index (κ2) is 10.4. The van der Waals surface area contributed by atoms with Crippen molar-refractivity contribution in [3.63, 3.8) is 0 Å². The van der Waals surface area contributed by atoms with Crippen molar-refractivity contribution in [3.8, 4) is 11.3 Å². The highest BCUT2D eigenvalue weighted by Gasteiger charge is 2.33. The van der Waals surface area contributed by atoms with Gasteiger partial charge in [-0.25, -0.2) is 9.37 Å². The lowest BCUT2D eigenvalue weighted by atomic mass is 9.91. The molecule has 0 unspecified atom stereocenters. The molecule has 10 heteroatoms. The second-order valence-electron chi connectivity index (χ2n) is 11.5. The van der Waals surface area contributed by atoms with Crippen molar-refractivity contribution < 1.29 is 14.3 Å². The molecule has 216 valence electrons. The summed E-state index contributed by atoms with van der Waals surface area (Å²) in [6, 6.07) is 8.60. The van der Waals surface area contributed by atoms with Crippen LogP contribution in [0.5, 0.6) is 0 Å². The van der Waals surface area contributed by atoms with Crippen LogP contribution in [0, 0.1) is 5.82 Å². The zero-order valence-electron chi connectivity index (χ0n) is 23.7. The van der Waals surface area contributed by atoms with Crippen LogP contribution in [-0.4, -0.2) is 39.1 Å². The molecule has 0 saturated heterocycles. The number of aromatic nitrogens is 2. The number of thiophene rings is 1. The number of rotatable bonds is 5. The predicted octanol–water partition coefficient (Wildman–Crippen LogP) is 4.91. The highest BCUT2D eigenvalue weighted by atomic mass is 32.1. The first kappa shape index (κ1) is 27.0. The van der Waals surface area contributed by atoms with E-state index in [1.54, 1.807) is 23.3 Å². The monoisotopic (exact) mass is 585 g/mol. The Labute approximate surface area is 247 Å². The molecule has 2 aliphatic heterocycles. The fourth-order valence-corrected chi connectivity index (χ4v) is 7.99. The Morgan fingerprint density at radius 2 is 1.83 bits per heavy atom. The summed E-state index contributed by atoms with van der Waals surface area (Å²) in [5.41, 5.74) is 6.71. The molecule has 42 heavy (non-hydrogen) atoms. The normalized spacial score (nSPS) is 16.4. The minimum absolute atomic E-state index is 0.0962. The summed E-state index contributed by atoms with van der Waals surface area (Å²) in [5.74, 6) is -0.604. The molecule has 3 aliphatic rings. The Kier molecular flexibility index (Phi) is 6.72. The highest BCUT2D eigenvalue weighted by molar-refractivity contribution is 7.14. The fourth-order valence-electron chi connectivity index (χ4n) is 6.60. The van der Waals surface area contributed by atoms with Gasteiger partial charge in [-0.15, -0.1) is 11.3 Å². The number of fused-ring (bicyclic) bond motifs is 4. The van der Waals surface area contributed by atoms with Gasteiger partial charge in [0.1, 0.15) is 5.82 Å². The maximum absolute atomic E-state index is 15.2. The van der Waals surface area contributed by atoms with Crippen molar-refractivity contribution in [2.75, 3.05) is 23.8 Å². The molecular weight excluding hydrogens is 553 g/mol. The number of aliphatic hydroxyl groups is 1. The van der Waals surface area contributed by atoms with Crippen molar-refractivity contribution >= 4 is 34.4 Å². The standard InChI is InChI=1S/C32H32FN5O3S/c1-36-14-18-7-8-21(11-19(18)15-36)34-30-32(41)37(2)16-26(35-30)24-12-20(33)13-27(25(24)17-39)38-10-9-23-22-5-3-4-6-28(22)42-29(23)31(38)40/h7-8,11-13,16,39H,3-6,9-10,14-15,17H2,1-2H3,(H,34,35). The Hall–Kier alpha value is -3.86. The van der Waals surface area contributed by atoms with E-state index in [0.29, 0.717) is 35.5 Å². The van der Waals surface area contributed by atoms with Gasteiger partial charge in [0.05, 0.1) is 22.9 Å². The van der Waals surface area contributed by atoms with Gasteiger partial charge in [-0.1, -0.05) is 6.07 Å². The number of carbonyl (C=O) groups excluding carboxylic acids is 1. The van der Waals surface area contributed by atoms with Crippen molar-refractivity contribution in [1.82, 2.24) is 14.5 Å². The highest BCUT2D eigenvalue weighted by Crippen LogP contribution is 2.40. The van der Waals surface area contributed by atoms with E-state index in [-0.39, 0.29) is 17.3 Å². The molecule has 2 aromatic carbocycles. The second-order valence-corrected chi connectivity index (χ2v) is 12.6. The number of amides is 1. The first-order chi connectivity index (χ1) is 20.3. The summed E-state index contributed by atoms with van der Waals surface area (Å²) in [4.78, 5) is 37.3. The third-order valence-electron chi connectivity index (χ3n) is 8.64. The number of aryl methyl sites for hydroxylation is 2. The Balaban J connectivity index is 1.27. The van der Waals surface area contributed by atoms with Crippen LogP contribution in [0.3, 0.4) is 0 Å². The number of hydrogen-bond donors (Lipinski definition) is 2. The maximum Gasteiger partial charge on any atom is 0.293 e. The Morgan fingerprint density at radius 3 is 2.67 bits per heavy atom. The Morgan fingerprint density at radius 1 is 1.02 bits per heavy atom. The molecule has 0 atom stereocenters. The average Bonchev–Trinajstić information content (AvgIpc) is 3.55. The molecular formula is C32H32FN5O3S. The molecule has 1 aliphatic carbocycles. The van der Waals surface area contributed by atoms with Gasteiger partial charge in [-0.2, -0.15) is 0 Å². The topological polar surface area (TPSA) is 90.7 Å². The smallest absolute Gasteiger partial charge is 0.293 e. The first-order valence-electron chi connectivity index (χ1n) is 14.3. The summed E-state index contributed by atoms with van der Waals surface area (Å²) >= 11 is 1.57. The number of carbonyl (C=O) groups is 1. The summed E-state index contributed by atoms with van der Waals surface area (Å²) in [7, 11) is 3.67. The molecule has 2 N–H and O–H groups in total. The molecule has 4 aromatic rings. The molecule has 2 aromatic heterocycles. The van der Waals surface area contributed by atoms with E-state index in [4.69, 9.17) is 0 Å². The fraction of sp³-hybridized carbons (Fsp3) is 0.344. The van der Waals surface area contributed by atoms with Gasteiger partial charge < -0.3 is 19.9 Å². The van der Waals surface area contributed by atoms with Crippen molar-refractivity contribution in [2.24, 2.45) is 7.05 Å². The summed E-state index contributed by atoms with van der Waals surface area (Å²) in [5, 5.41) is 13.7. The number of benzene rings is 2. The number of hydrogen-bond acceptors (Lipinski definition) is 7. The number of nitrogens with zero attached hydrogens (tertiary/aromatic N) is 4. The van der Waals surface area contributed by atoms with Crippen LogP contribution in [-0.2, 0) is 46.0 Å². The lowest BCUT2D eigenvalue weighted by Gasteiger charge is -2.30. The van der Waals surface area contributed by atoms with Gasteiger partial charge in [0.2, 0.25) is 0 Å². The molecule has 1 amide bonds. The lowest BCUT2D eigenvalue weighted by molar-refractivity contribution is 0.0984. The van der Waals surface area contributed by atoms with E-state index in [0.717, 1.165) is 54.9 Å². The van der Waals surface area contributed by atoms with Crippen LogP contribution in [0.2, 0.25) is 0 Å². The SMILES string of the molecule is CN1Cc2ccc(Nc3nc(-c4cc(F)cc(N5CCc6c(sc7c6CCCC7)C5=O)c4CO)cn(C)c3=O)cc2C1. The van der Waals surface area contributed by atoms with Gasteiger partial charge >= 0.3 is 0 Å².